The van der Waals surface area contributed by atoms with E-state index in [4.69, 9.17) is 0 Å². The molecule has 0 aliphatic carbocycles. The first-order valence-electron chi connectivity index (χ1n) is 11.7. The Bertz CT molecular complexity index is 1090. The van der Waals surface area contributed by atoms with Crippen molar-refractivity contribution in [2.45, 2.75) is 37.9 Å². The van der Waals surface area contributed by atoms with Gasteiger partial charge in [-0.25, -0.2) is 0 Å². The molecule has 0 bridgehead atoms. The fourth-order valence-corrected chi connectivity index (χ4v) is 4.42. The van der Waals surface area contributed by atoms with Crippen LogP contribution >= 0.6 is 0 Å². The summed E-state index contributed by atoms with van der Waals surface area (Å²) in [6.45, 7) is 6.02. The maximum atomic E-state index is 13.8. The quantitative estimate of drug-likeness (QED) is 0.329. The van der Waals surface area contributed by atoms with E-state index in [0.717, 1.165) is 22.3 Å². The molecule has 34 heavy (non-hydrogen) atoms. The molecule has 0 saturated heterocycles. The van der Waals surface area contributed by atoms with Gasteiger partial charge < -0.3 is 5.32 Å². The van der Waals surface area contributed by atoms with Crippen LogP contribution in [-0.2, 0) is 10.3 Å². The highest BCUT2D eigenvalue weighted by molar-refractivity contribution is 5.84. The summed E-state index contributed by atoms with van der Waals surface area (Å²) in [6, 6.07) is 40.4. The summed E-state index contributed by atoms with van der Waals surface area (Å²) in [4.78, 5) is 13.8. The average molecular weight is 449 g/mol. The number of carbonyl (C=O) groups excluding carboxylic acids is 1. The van der Waals surface area contributed by atoms with Gasteiger partial charge in [0.2, 0.25) is 5.91 Å². The lowest BCUT2D eigenvalue weighted by molar-refractivity contribution is -0.125. The third-order valence-electron chi connectivity index (χ3n) is 5.87. The Morgan fingerprint density at radius 3 is 1.29 bits per heavy atom. The molecule has 2 N–H and O–H groups in total. The number of hydrogen-bond acceptors (Lipinski definition) is 2. The van der Waals surface area contributed by atoms with Crippen molar-refractivity contribution in [2.24, 2.45) is 0 Å². The highest BCUT2D eigenvalue weighted by Crippen LogP contribution is 2.39. The molecule has 0 saturated carbocycles. The normalized spacial score (nSPS) is 12.7. The van der Waals surface area contributed by atoms with E-state index in [9.17, 15) is 4.79 Å². The lowest BCUT2D eigenvalue weighted by Crippen LogP contribution is -2.53. The van der Waals surface area contributed by atoms with Crippen LogP contribution in [0.25, 0.3) is 0 Å². The Morgan fingerprint density at radius 2 is 0.941 bits per heavy atom. The molecule has 1 atom stereocenters. The lowest BCUT2D eigenvalue weighted by atomic mass is 9.76. The highest BCUT2D eigenvalue weighted by Gasteiger charge is 2.40. The molecule has 0 unspecified atom stereocenters. The molecule has 4 aromatic carbocycles. The second kappa shape index (κ2) is 10.1. The van der Waals surface area contributed by atoms with E-state index < -0.39 is 11.6 Å². The molecule has 3 heteroatoms. The van der Waals surface area contributed by atoms with Crippen LogP contribution in [0, 0.1) is 0 Å². The smallest absolute Gasteiger partial charge is 0.242 e. The van der Waals surface area contributed by atoms with E-state index >= 15 is 0 Å². The Kier molecular flexibility index (Phi) is 6.95. The van der Waals surface area contributed by atoms with Crippen LogP contribution in [0.1, 0.15) is 49.1 Å². The van der Waals surface area contributed by atoms with Crippen LogP contribution in [0.3, 0.4) is 0 Å². The Balaban J connectivity index is 1.96. The summed E-state index contributed by atoms with van der Waals surface area (Å²) in [7, 11) is 0. The molecule has 0 spiro atoms. The zero-order valence-corrected chi connectivity index (χ0v) is 20.0. The number of benzene rings is 4. The maximum absolute atomic E-state index is 13.8. The summed E-state index contributed by atoms with van der Waals surface area (Å²) >= 11 is 0. The van der Waals surface area contributed by atoms with Gasteiger partial charge in [-0.2, -0.15) is 0 Å². The number of hydrogen-bond donors (Lipinski definition) is 2. The van der Waals surface area contributed by atoms with Crippen molar-refractivity contribution in [1.82, 2.24) is 10.6 Å². The standard InChI is InChI=1S/C31H32N2O/c1-30(2,3)33-29(34)28(24-16-8-4-9-17-24)32-31(25-18-10-5-11-19-25,26-20-12-6-13-21-26)27-22-14-7-15-23-27/h4-23,28,32H,1-3H3,(H,33,34)/t28-/m0/s1. The first-order valence-corrected chi connectivity index (χ1v) is 11.7. The van der Waals surface area contributed by atoms with Crippen molar-refractivity contribution in [3.05, 3.63) is 144 Å². The average Bonchev–Trinajstić information content (AvgIpc) is 2.86. The van der Waals surface area contributed by atoms with Gasteiger partial charge in [-0.1, -0.05) is 121 Å². The Hall–Kier alpha value is -3.69. The summed E-state index contributed by atoms with van der Waals surface area (Å²) in [5, 5.41) is 7.04. The summed E-state index contributed by atoms with van der Waals surface area (Å²) in [5.74, 6) is -0.0640. The van der Waals surface area contributed by atoms with Crippen LogP contribution in [0.4, 0.5) is 0 Å². The minimum Gasteiger partial charge on any atom is -0.350 e. The molecule has 0 heterocycles. The van der Waals surface area contributed by atoms with E-state index in [1.54, 1.807) is 0 Å². The van der Waals surface area contributed by atoms with Gasteiger partial charge in [0, 0.05) is 5.54 Å². The SMILES string of the molecule is CC(C)(C)NC(=O)[C@@H](NC(c1ccccc1)(c1ccccc1)c1ccccc1)c1ccccc1. The second-order valence-corrected chi connectivity index (χ2v) is 9.58. The van der Waals surface area contributed by atoms with Crippen molar-refractivity contribution in [3.63, 3.8) is 0 Å². The molecule has 172 valence electrons. The predicted molar refractivity (Wildman–Crippen MR) is 139 cm³/mol. The monoisotopic (exact) mass is 448 g/mol. The molecule has 0 fully saturated rings. The van der Waals surface area contributed by atoms with Gasteiger partial charge in [0.1, 0.15) is 6.04 Å². The molecule has 0 aliphatic rings. The molecular weight excluding hydrogens is 416 g/mol. The lowest BCUT2D eigenvalue weighted by Gasteiger charge is -2.40. The molecule has 4 rings (SSSR count). The van der Waals surface area contributed by atoms with Crippen molar-refractivity contribution < 1.29 is 4.79 Å². The summed E-state index contributed by atoms with van der Waals surface area (Å²) in [5.41, 5.74) is 3.00. The number of amides is 1. The molecule has 3 nitrogen and oxygen atoms in total. The van der Waals surface area contributed by atoms with Gasteiger partial charge in [0.15, 0.2) is 0 Å². The highest BCUT2D eigenvalue weighted by atomic mass is 16.2. The van der Waals surface area contributed by atoms with Gasteiger partial charge >= 0.3 is 0 Å². The Labute approximate surface area is 202 Å². The zero-order valence-electron chi connectivity index (χ0n) is 20.0. The van der Waals surface area contributed by atoms with Crippen molar-refractivity contribution in [2.75, 3.05) is 0 Å². The van der Waals surface area contributed by atoms with Gasteiger partial charge in [-0.15, -0.1) is 0 Å². The minimum atomic E-state index is -0.750. The fourth-order valence-electron chi connectivity index (χ4n) is 4.42. The van der Waals surface area contributed by atoms with Crippen molar-refractivity contribution >= 4 is 5.91 Å². The molecular formula is C31H32N2O. The van der Waals surface area contributed by atoms with Gasteiger partial charge in [-0.05, 0) is 43.0 Å². The van der Waals surface area contributed by atoms with Gasteiger partial charge in [0.05, 0.1) is 5.54 Å². The van der Waals surface area contributed by atoms with E-state index in [2.05, 4.69) is 47.0 Å². The van der Waals surface area contributed by atoms with E-state index in [1.807, 2.05) is 106 Å². The first-order chi connectivity index (χ1) is 16.4. The molecule has 1 amide bonds. The van der Waals surface area contributed by atoms with Crippen molar-refractivity contribution in [1.29, 1.82) is 0 Å². The zero-order chi connectivity index (χ0) is 24.0. The number of carbonyl (C=O) groups is 1. The van der Waals surface area contributed by atoms with Gasteiger partial charge in [-0.3, -0.25) is 10.1 Å². The summed E-state index contributed by atoms with van der Waals surface area (Å²) < 4.78 is 0. The second-order valence-electron chi connectivity index (χ2n) is 9.58. The topological polar surface area (TPSA) is 41.1 Å². The number of rotatable bonds is 7. The molecule has 0 aliphatic heterocycles. The van der Waals surface area contributed by atoms with Crippen molar-refractivity contribution in [3.8, 4) is 0 Å². The summed E-state index contributed by atoms with van der Waals surface area (Å²) in [6.07, 6.45) is 0. The molecule has 0 aromatic heterocycles. The fraction of sp³-hybridized carbons (Fsp3) is 0.194. The van der Waals surface area contributed by atoms with E-state index in [1.165, 1.54) is 0 Å². The van der Waals surface area contributed by atoms with Gasteiger partial charge in [0.25, 0.3) is 0 Å². The number of nitrogens with one attached hydrogen (secondary N) is 2. The van der Waals surface area contributed by atoms with Crippen LogP contribution in [0.2, 0.25) is 0 Å². The largest absolute Gasteiger partial charge is 0.350 e. The van der Waals surface area contributed by atoms with Crippen LogP contribution in [0.15, 0.2) is 121 Å². The van der Waals surface area contributed by atoms with E-state index in [-0.39, 0.29) is 11.4 Å². The van der Waals surface area contributed by atoms with E-state index in [0.29, 0.717) is 0 Å². The predicted octanol–water partition coefficient (Wildman–Crippen LogP) is 6.22. The third kappa shape index (κ3) is 5.11. The van der Waals surface area contributed by atoms with Crippen LogP contribution in [-0.4, -0.2) is 11.4 Å². The maximum Gasteiger partial charge on any atom is 0.242 e. The first kappa shape index (κ1) is 23.5. The Morgan fingerprint density at radius 1 is 0.588 bits per heavy atom. The van der Waals surface area contributed by atoms with Crippen LogP contribution in [0.5, 0.6) is 0 Å². The molecule has 4 aromatic rings. The minimum absolute atomic E-state index is 0.0640. The third-order valence-corrected chi connectivity index (χ3v) is 5.87. The van der Waals surface area contributed by atoms with Crippen LogP contribution < -0.4 is 10.6 Å². The molecule has 0 radical (unpaired) electrons.